The highest BCUT2D eigenvalue weighted by Crippen LogP contribution is 2.38. The van der Waals surface area contributed by atoms with Gasteiger partial charge in [0.2, 0.25) is 5.78 Å². The van der Waals surface area contributed by atoms with Gasteiger partial charge in [0, 0.05) is 12.8 Å². The molecule has 0 heterocycles. The minimum Gasteiger partial charge on any atom is -0.496 e. The Kier molecular flexibility index (Phi) is 4.53. The molecule has 1 unspecified atom stereocenters. The zero-order valence-electron chi connectivity index (χ0n) is 10.4. The van der Waals surface area contributed by atoms with Crippen LogP contribution in [0.2, 0.25) is 0 Å². The summed E-state index contributed by atoms with van der Waals surface area (Å²) < 4.78 is 5.05. The summed E-state index contributed by atoms with van der Waals surface area (Å²) in [6, 6.07) is 0. The molecule has 1 aliphatic carbocycles. The highest BCUT2D eigenvalue weighted by Gasteiger charge is 2.53. The number of carbonyl (C=O) groups excluding carboxylic acids is 1. The molecule has 0 spiro atoms. The average Bonchev–Trinajstić information content (AvgIpc) is 2.32. The van der Waals surface area contributed by atoms with Crippen LogP contribution in [-0.2, 0) is 9.53 Å². The number of carbonyl (C=O) groups is 1. The minimum absolute atomic E-state index is 0.162. The fourth-order valence-corrected chi connectivity index (χ4v) is 1.75. The predicted molar refractivity (Wildman–Crippen MR) is 66.1 cm³/mol. The van der Waals surface area contributed by atoms with Crippen molar-refractivity contribution in [3.8, 4) is 11.8 Å². The van der Waals surface area contributed by atoms with Crippen LogP contribution in [0.1, 0.15) is 32.6 Å². The number of ether oxygens (including phenoxy) is 1. The van der Waals surface area contributed by atoms with Gasteiger partial charge in [-0.05, 0) is 6.42 Å². The predicted octanol–water partition coefficient (Wildman–Crippen LogP) is 1.97. The summed E-state index contributed by atoms with van der Waals surface area (Å²) in [4.78, 5) is 11.8. The van der Waals surface area contributed by atoms with Crippen LogP contribution in [-0.4, -0.2) is 23.6 Å². The molecular formula is C14H18O3. The molecule has 17 heavy (non-hydrogen) atoms. The van der Waals surface area contributed by atoms with Gasteiger partial charge in [-0.25, -0.2) is 0 Å². The first-order chi connectivity index (χ1) is 8.11. The van der Waals surface area contributed by atoms with Crippen LogP contribution >= 0.6 is 0 Å². The molecule has 3 nitrogen and oxygen atoms in total. The molecule has 1 aliphatic rings. The van der Waals surface area contributed by atoms with E-state index in [-0.39, 0.29) is 18.0 Å². The van der Waals surface area contributed by atoms with Gasteiger partial charge in [0.1, 0.15) is 5.57 Å². The van der Waals surface area contributed by atoms with E-state index in [9.17, 15) is 9.90 Å². The van der Waals surface area contributed by atoms with E-state index >= 15 is 0 Å². The molecule has 0 radical (unpaired) electrons. The van der Waals surface area contributed by atoms with E-state index in [1.807, 2.05) is 0 Å². The van der Waals surface area contributed by atoms with Crippen LogP contribution in [0.3, 0.4) is 0 Å². The van der Waals surface area contributed by atoms with E-state index in [1.165, 1.54) is 13.2 Å². The lowest BCUT2D eigenvalue weighted by atomic mass is 9.75. The van der Waals surface area contributed by atoms with E-state index in [4.69, 9.17) is 4.74 Å². The van der Waals surface area contributed by atoms with E-state index in [2.05, 4.69) is 25.3 Å². The van der Waals surface area contributed by atoms with Gasteiger partial charge in [0.25, 0.3) is 0 Å². The molecule has 0 aromatic heterocycles. The Labute approximate surface area is 102 Å². The maximum Gasteiger partial charge on any atom is 0.214 e. The highest BCUT2D eigenvalue weighted by molar-refractivity contribution is 6.15. The van der Waals surface area contributed by atoms with E-state index in [1.54, 1.807) is 0 Å². The topological polar surface area (TPSA) is 46.5 Å². The first-order valence-corrected chi connectivity index (χ1v) is 5.77. The Morgan fingerprint density at radius 2 is 2.29 bits per heavy atom. The third-order valence-corrected chi connectivity index (χ3v) is 2.72. The maximum atomic E-state index is 11.8. The lowest BCUT2D eigenvalue weighted by Crippen LogP contribution is -2.51. The zero-order chi connectivity index (χ0) is 12.9. The molecular weight excluding hydrogens is 216 g/mol. The monoisotopic (exact) mass is 234 g/mol. The third kappa shape index (κ3) is 2.42. The molecule has 0 aromatic rings. The van der Waals surface area contributed by atoms with Crippen LogP contribution < -0.4 is 0 Å². The van der Waals surface area contributed by atoms with Gasteiger partial charge in [-0.3, -0.25) is 4.79 Å². The van der Waals surface area contributed by atoms with Crippen molar-refractivity contribution in [2.75, 3.05) is 7.11 Å². The van der Waals surface area contributed by atoms with Crippen molar-refractivity contribution in [1.82, 2.24) is 0 Å². The number of rotatable bonds is 5. The second-order valence-corrected chi connectivity index (χ2v) is 4.00. The van der Waals surface area contributed by atoms with Gasteiger partial charge in [0.05, 0.1) is 7.11 Å². The fraction of sp³-hybridized carbons (Fsp3) is 0.500. The Morgan fingerprint density at radius 3 is 2.82 bits per heavy atom. The zero-order valence-corrected chi connectivity index (χ0v) is 10.4. The number of hydrogen-bond donors (Lipinski definition) is 1. The molecule has 92 valence electrons. The first-order valence-electron chi connectivity index (χ1n) is 5.77. The smallest absolute Gasteiger partial charge is 0.214 e. The number of ketones is 1. The number of aliphatic hydroxyl groups is 1. The summed E-state index contributed by atoms with van der Waals surface area (Å²) in [5.74, 6) is 5.60. The van der Waals surface area contributed by atoms with Crippen LogP contribution in [0.4, 0.5) is 0 Å². The normalized spacial score (nSPS) is 22.6. The van der Waals surface area contributed by atoms with Crippen molar-refractivity contribution in [3.63, 3.8) is 0 Å². The summed E-state index contributed by atoms with van der Waals surface area (Å²) >= 11 is 0. The summed E-state index contributed by atoms with van der Waals surface area (Å²) in [5.41, 5.74) is -1.24. The molecule has 0 fully saturated rings. The highest BCUT2D eigenvalue weighted by atomic mass is 16.5. The summed E-state index contributed by atoms with van der Waals surface area (Å²) in [7, 11) is 1.43. The minimum atomic E-state index is -1.54. The SMILES string of the molecule is C=CCC1(O)C(=O)C(C#CCCCC)=C1OC. The van der Waals surface area contributed by atoms with Gasteiger partial charge in [-0.1, -0.05) is 31.3 Å². The van der Waals surface area contributed by atoms with Gasteiger partial charge in [-0.2, -0.15) is 0 Å². The van der Waals surface area contributed by atoms with Crippen LogP contribution in [0, 0.1) is 11.8 Å². The molecule has 0 bridgehead atoms. The average molecular weight is 234 g/mol. The van der Waals surface area contributed by atoms with Crippen molar-refractivity contribution < 1.29 is 14.6 Å². The Bertz CT molecular complexity index is 409. The number of unbranched alkanes of at least 4 members (excludes halogenated alkanes) is 2. The van der Waals surface area contributed by atoms with E-state index in [0.717, 1.165) is 19.3 Å². The van der Waals surface area contributed by atoms with Gasteiger partial charge < -0.3 is 9.84 Å². The quantitative estimate of drug-likeness (QED) is 0.449. The molecule has 0 saturated carbocycles. The van der Waals surface area contributed by atoms with Crippen molar-refractivity contribution >= 4 is 5.78 Å². The summed E-state index contributed by atoms with van der Waals surface area (Å²) in [6.45, 7) is 5.60. The number of Topliss-reactive ketones (excluding diaryl/α,β-unsaturated/α-hetero) is 1. The van der Waals surface area contributed by atoms with Gasteiger partial charge in [0.15, 0.2) is 11.4 Å². The summed E-state index contributed by atoms with van der Waals surface area (Å²) in [6.07, 6.45) is 4.49. The largest absolute Gasteiger partial charge is 0.496 e. The summed E-state index contributed by atoms with van der Waals surface area (Å²) in [5, 5.41) is 10.0. The molecule has 0 aliphatic heterocycles. The maximum absolute atomic E-state index is 11.8. The van der Waals surface area contributed by atoms with Crippen molar-refractivity contribution in [1.29, 1.82) is 0 Å². The third-order valence-electron chi connectivity index (χ3n) is 2.72. The Balaban J connectivity index is 2.86. The van der Waals surface area contributed by atoms with E-state index < -0.39 is 5.60 Å². The van der Waals surface area contributed by atoms with Crippen molar-refractivity contribution in [3.05, 3.63) is 24.0 Å². The molecule has 0 amide bonds. The van der Waals surface area contributed by atoms with Crippen LogP contribution in [0.15, 0.2) is 24.0 Å². The van der Waals surface area contributed by atoms with Crippen LogP contribution in [0.5, 0.6) is 0 Å². The lowest BCUT2D eigenvalue weighted by Gasteiger charge is -2.35. The second-order valence-electron chi connectivity index (χ2n) is 4.00. The fourth-order valence-electron chi connectivity index (χ4n) is 1.75. The Morgan fingerprint density at radius 1 is 1.59 bits per heavy atom. The number of hydrogen-bond acceptors (Lipinski definition) is 3. The molecule has 0 aromatic carbocycles. The van der Waals surface area contributed by atoms with Crippen LogP contribution in [0.25, 0.3) is 0 Å². The second kappa shape index (κ2) is 5.70. The van der Waals surface area contributed by atoms with Gasteiger partial charge >= 0.3 is 0 Å². The molecule has 3 heteroatoms. The van der Waals surface area contributed by atoms with Crippen molar-refractivity contribution in [2.24, 2.45) is 0 Å². The molecule has 1 rings (SSSR count). The standard InChI is InChI=1S/C14H18O3/c1-4-6-7-8-9-11-12(15)14(16,10-5-2)13(11)17-3/h5,16H,2,4,6-7,10H2,1,3H3. The number of methoxy groups -OCH3 is 1. The van der Waals surface area contributed by atoms with Crippen molar-refractivity contribution in [2.45, 2.75) is 38.2 Å². The van der Waals surface area contributed by atoms with Gasteiger partial charge in [-0.15, -0.1) is 6.58 Å². The molecule has 1 atom stereocenters. The molecule has 1 N–H and O–H groups in total. The first kappa shape index (κ1) is 13.5. The van der Waals surface area contributed by atoms with E-state index in [0.29, 0.717) is 5.57 Å². The Hall–Kier alpha value is -1.53. The lowest BCUT2D eigenvalue weighted by molar-refractivity contribution is -0.138. The molecule has 0 saturated heterocycles.